The zero-order chi connectivity index (χ0) is 11.1. The van der Waals surface area contributed by atoms with Crippen LogP contribution in [0.25, 0.3) is 0 Å². The summed E-state index contributed by atoms with van der Waals surface area (Å²) in [5.74, 6) is 1.01. The number of piperidine rings is 1. The zero-order valence-electron chi connectivity index (χ0n) is 9.23. The van der Waals surface area contributed by atoms with Gasteiger partial charge < -0.3 is 9.88 Å². The van der Waals surface area contributed by atoms with Gasteiger partial charge in [-0.1, -0.05) is 12.1 Å². The Morgan fingerprint density at radius 3 is 3.19 bits per heavy atom. The van der Waals surface area contributed by atoms with Gasteiger partial charge in [0, 0.05) is 36.8 Å². The molecule has 0 aromatic carbocycles. The third-order valence-electron chi connectivity index (χ3n) is 3.87. The first-order valence-corrected chi connectivity index (χ1v) is 5.85. The fraction of sp³-hybridized carbons (Fsp3) is 0.462. The van der Waals surface area contributed by atoms with E-state index in [-0.39, 0.29) is 5.56 Å². The summed E-state index contributed by atoms with van der Waals surface area (Å²) < 4.78 is 1.94. The van der Waals surface area contributed by atoms with Crippen molar-refractivity contribution < 1.29 is 0 Å². The van der Waals surface area contributed by atoms with Crippen molar-refractivity contribution in [1.29, 1.82) is 0 Å². The Labute approximate surface area is 94.8 Å². The molecule has 1 N–H and O–H groups in total. The maximum atomic E-state index is 11.8. The Morgan fingerprint density at radius 2 is 2.38 bits per heavy atom. The van der Waals surface area contributed by atoms with Gasteiger partial charge in [0.15, 0.2) is 0 Å². The maximum absolute atomic E-state index is 11.8. The average molecular weight is 216 g/mol. The molecule has 0 spiro atoms. The minimum atomic E-state index is 0.136. The van der Waals surface area contributed by atoms with Crippen molar-refractivity contribution in [3.05, 3.63) is 46.9 Å². The summed E-state index contributed by atoms with van der Waals surface area (Å²) in [7, 11) is 0. The highest BCUT2D eigenvalue weighted by Gasteiger charge is 2.35. The highest BCUT2D eigenvalue weighted by molar-refractivity contribution is 5.18. The second-order valence-corrected chi connectivity index (χ2v) is 4.76. The lowest BCUT2D eigenvalue weighted by molar-refractivity contribution is 0.220. The molecule has 1 aromatic heterocycles. The number of hydrogen-bond acceptors (Lipinski definition) is 2. The molecule has 0 saturated carbocycles. The smallest absolute Gasteiger partial charge is 0.250 e. The lowest BCUT2D eigenvalue weighted by atomic mass is 9.79. The van der Waals surface area contributed by atoms with E-state index in [1.807, 2.05) is 16.7 Å². The van der Waals surface area contributed by atoms with Gasteiger partial charge in [-0.05, 0) is 18.4 Å². The van der Waals surface area contributed by atoms with Crippen LogP contribution >= 0.6 is 0 Å². The van der Waals surface area contributed by atoms with Gasteiger partial charge in [-0.15, -0.1) is 6.58 Å². The Balaban J connectivity index is 2.06. The van der Waals surface area contributed by atoms with Gasteiger partial charge in [0.2, 0.25) is 0 Å². The number of hydrogen-bond donors (Lipinski definition) is 1. The SMILES string of the molecule is C=CC1NC[C@H]2C[C@@H]1Cn1c2cccc1=O. The molecule has 3 nitrogen and oxygen atoms in total. The van der Waals surface area contributed by atoms with Crippen molar-refractivity contribution in [3.8, 4) is 0 Å². The minimum absolute atomic E-state index is 0.136. The fourth-order valence-electron chi connectivity index (χ4n) is 3.05. The van der Waals surface area contributed by atoms with Gasteiger partial charge >= 0.3 is 0 Å². The number of nitrogens with one attached hydrogen (secondary N) is 1. The van der Waals surface area contributed by atoms with Gasteiger partial charge in [0.1, 0.15) is 0 Å². The van der Waals surface area contributed by atoms with Crippen LogP contribution in [-0.4, -0.2) is 17.2 Å². The summed E-state index contributed by atoms with van der Waals surface area (Å²) >= 11 is 0. The van der Waals surface area contributed by atoms with E-state index >= 15 is 0 Å². The second kappa shape index (κ2) is 3.59. The molecule has 2 aliphatic heterocycles. The van der Waals surface area contributed by atoms with Crippen LogP contribution < -0.4 is 10.9 Å². The van der Waals surface area contributed by atoms with Crippen LogP contribution in [0.1, 0.15) is 18.0 Å². The van der Waals surface area contributed by atoms with E-state index in [1.54, 1.807) is 6.07 Å². The number of fused-ring (bicyclic) bond motifs is 4. The molecular formula is C13H16N2O. The first-order chi connectivity index (χ1) is 7.79. The molecule has 3 rings (SSSR count). The summed E-state index contributed by atoms with van der Waals surface area (Å²) in [4.78, 5) is 11.8. The van der Waals surface area contributed by atoms with Crippen molar-refractivity contribution in [3.63, 3.8) is 0 Å². The van der Waals surface area contributed by atoms with Crippen LogP contribution in [0.15, 0.2) is 35.6 Å². The van der Waals surface area contributed by atoms with Crippen LogP contribution in [0.5, 0.6) is 0 Å². The van der Waals surface area contributed by atoms with E-state index in [0.717, 1.165) is 13.1 Å². The predicted molar refractivity (Wildman–Crippen MR) is 63.5 cm³/mol. The van der Waals surface area contributed by atoms with Gasteiger partial charge in [0.25, 0.3) is 5.56 Å². The van der Waals surface area contributed by atoms with E-state index in [1.165, 1.54) is 12.1 Å². The molecule has 2 bridgehead atoms. The largest absolute Gasteiger partial charge is 0.312 e. The second-order valence-electron chi connectivity index (χ2n) is 4.76. The molecule has 0 amide bonds. The first-order valence-electron chi connectivity index (χ1n) is 5.85. The van der Waals surface area contributed by atoms with Crippen LogP contribution in [0.2, 0.25) is 0 Å². The number of aromatic nitrogens is 1. The highest BCUT2D eigenvalue weighted by atomic mass is 16.1. The minimum Gasteiger partial charge on any atom is -0.312 e. The van der Waals surface area contributed by atoms with Crippen LogP contribution in [0, 0.1) is 5.92 Å². The average Bonchev–Trinajstić information content (AvgIpc) is 2.31. The number of pyridine rings is 1. The molecule has 16 heavy (non-hydrogen) atoms. The standard InChI is InChI=1S/C13H16N2O/c1-2-11-10-6-9(7-14-11)12-4-3-5-13(16)15(12)8-10/h2-5,9-11,14H,1,6-8H2/t9-,10-,11?/m1/s1. The summed E-state index contributed by atoms with van der Waals surface area (Å²) in [5, 5.41) is 3.50. The molecule has 1 fully saturated rings. The Morgan fingerprint density at radius 1 is 1.50 bits per heavy atom. The fourth-order valence-corrected chi connectivity index (χ4v) is 3.05. The molecule has 2 aliphatic rings. The maximum Gasteiger partial charge on any atom is 0.250 e. The monoisotopic (exact) mass is 216 g/mol. The van der Waals surface area contributed by atoms with Crippen LogP contribution in [0.3, 0.4) is 0 Å². The molecule has 3 atom stereocenters. The highest BCUT2D eigenvalue weighted by Crippen LogP contribution is 2.34. The zero-order valence-corrected chi connectivity index (χ0v) is 9.23. The molecule has 0 radical (unpaired) electrons. The lowest BCUT2D eigenvalue weighted by Crippen LogP contribution is -2.50. The lowest BCUT2D eigenvalue weighted by Gasteiger charge is -2.41. The van der Waals surface area contributed by atoms with E-state index in [0.29, 0.717) is 17.9 Å². The molecule has 1 aromatic rings. The third kappa shape index (κ3) is 1.35. The van der Waals surface area contributed by atoms with Crippen molar-refractivity contribution in [1.82, 2.24) is 9.88 Å². The van der Waals surface area contributed by atoms with Crippen molar-refractivity contribution >= 4 is 0 Å². The Hall–Kier alpha value is -1.35. The van der Waals surface area contributed by atoms with Crippen LogP contribution in [-0.2, 0) is 6.54 Å². The summed E-state index contributed by atoms with van der Waals surface area (Å²) in [6.45, 7) is 5.64. The summed E-state index contributed by atoms with van der Waals surface area (Å²) in [5.41, 5.74) is 1.33. The van der Waals surface area contributed by atoms with Gasteiger partial charge in [0.05, 0.1) is 0 Å². The quantitative estimate of drug-likeness (QED) is 0.713. The molecule has 1 unspecified atom stereocenters. The Bertz CT molecular complexity index is 477. The first kappa shape index (κ1) is 9.85. The molecule has 0 aliphatic carbocycles. The van der Waals surface area contributed by atoms with Gasteiger partial charge in [-0.3, -0.25) is 4.79 Å². The van der Waals surface area contributed by atoms with E-state index in [9.17, 15) is 4.79 Å². The topological polar surface area (TPSA) is 34.0 Å². The molecule has 1 saturated heterocycles. The molecular weight excluding hydrogens is 200 g/mol. The molecule has 3 heterocycles. The van der Waals surface area contributed by atoms with E-state index in [2.05, 4.69) is 18.0 Å². The summed E-state index contributed by atoms with van der Waals surface area (Å²) in [6.07, 6.45) is 3.15. The van der Waals surface area contributed by atoms with E-state index in [4.69, 9.17) is 0 Å². The third-order valence-corrected chi connectivity index (χ3v) is 3.87. The summed E-state index contributed by atoms with van der Waals surface area (Å²) in [6, 6.07) is 5.96. The van der Waals surface area contributed by atoms with Crippen molar-refractivity contribution in [2.75, 3.05) is 6.54 Å². The normalized spacial score (nSPS) is 31.9. The van der Waals surface area contributed by atoms with Crippen molar-refractivity contribution in [2.45, 2.75) is 24.9 Å². The van der Waals surface area contributed by atoms with Crippen LogP contribution in [0.4, 0.5) is 0 Å². The van der Waals surface area contributed by atoms with Gasteiger partial charge in [-0.2, -0.15) is 0 Å². The Kier molecular flexibility index (Phi) is 2.21. The molecule has 84 valence electrons. The number of nitrogens with zero attached hydrogens (tertiary/aromatic N) is 1. The van der Waals surface area contributed by atoms with Gasteiger partial charge in [-0.25, -0.2) is 0 Å². The number of rotatable bonds is 1. The molecule has 3 heteroatoms. The predicted octanol–water partition coefficient (Wildman–Crippen LogP) is 1.11. The van der Waals surface area contributed by atoms with E-state index < -0.39 is 0 Å². The van der Waals surface area contributed by atoms with Crippen molar-refractivity contribution in [2.24, 2.45) is 5.92 Å².